The quantitative estimate of drug-likeness (QED) is 0.556. The molecule has 0 aromatic rings. The van der Waals surface area contributed by atoms with E-state index in [1.807, 2.05) is 0 Å². The van der Waals surface area contributed by atoms with Crippen LogP contribution in [0.3, 0.4) is 0 Å². The first-order valence-electron chi connectivity index (χ1n) is 3.22. The van der Waals surface area contributed by atoms with Crippen molar-refractivity contribution < 1.29 is 9.13 Å². The number of nitrogens with one attached hydrogen (secondary N) is 1. The van der Waals surface area contributed by atoms with Crippen LogP contribution < -0.4 is 5.32 Å². The summed E-state index contributed by atoms with van der Waals surface area (Å²) in [5.41, 5.74) is 0. The second-order valence-corrected chi connectivity index (χ2v) is 2.28. The van der Waals surface area contributed by atoms with Gasteiger partial charge >= 0.3 is 0 Å². The van der Waals surface area contributed by atoms with Crippen LogP contribution in [-0.4, -0.2) is 32.5 Å². The lowest BCUT2D eigenvalue weighted by atomic mass is 10.1. The average Bonchev–Trinajstić information content (AvgIpc) is 1.89. The molecule has 1 N–H and O–H groups in total. The number of rotatable bonds is 1. The van der Waals surface area contributed by atoms with Gasteiger partial charge in [-0.15, -0.1) is 0 Å². The molecule has 0 aromatic carbocycles. The summed E-state index contributed by atoms with van der Waals surface area (Å²) in [7, 11) is 1.56. The zero-order chi connectivity index (χ0) is 6.69. The van der Waals surface area contributed by atoms with E-state index in [9.17, 15) is 4.39 Å². The van der Waals surface area contributed by atoms with E-state index in [-0.39, 0.29) is 6.10 Å². The minimum Gasteiger partial charge on any atom is -0.378 e. The maximum atomic E-state index is 12.7. The zero-order valence-corrected chi connectivity index (χ0v) is 5.56. The predicted octanol–water partition coefficient (Wildman–Crippen LogP) is 0.333. The Morgan fingerprint density at radius 3 is 2.89 bits per heavy atom. The molecule has 3 heteroatoms. The van der Waals surface area contributed by atoms with Crippen molar-refractivity contribution in [2.24, 2.45) is 0 Å². The van der Waals surface area contributed by atoms with Crippen molar-refractivity contribution >= 4 is 0 Å². The van der Waals surface area contributed by atoms with Crippen molar-refractivity contribution in [1.82, 2.24) is 5.32 Å². The smallest absolute Gasteiger partial charge is 0.139 e. The van der Waals surface area contributed by atoms with Crippen LogP contribution in [0.2, 0.25) is 0 Å². The standard InChI is InChI=1S/C6H12FNO/c1-9-6-2-3-8-4-5(6)7/h5-6,8H,2-4H2,1H3/t5-,6+/m0/s1. The normalized spacial score (nSPS) is 36.7. The van der Waals surface area contributed by atoms with E-state index >= 15 is 0 Å². The summed E-state index contributed by atoms with van der Waals surface area (Å²) >= 11 is 0. The van der Waals surface area contributed by atoms with Crippen LogP contribution in [0.15, 0.2) is 0 Å². The highest BCUT2D eigenvalue weighted by atomic mass is 19.1. The van der Waals surface area contributed by atoms with Crippen LogP contribution in [0.4, 0.5) is 4.39 Å². The molecule has 1 fully saturated rings. The lowest BCUT2D eigenvalue weighted by molar-refractivity contribution is 0.0132. The molecule has 0 unspecified atom stereocenters. The van der Waals surface area contributed by atoms with Gasteiger partial charge in [0.15, 0.2) is 0 Å². The van der Waals surface area contributed by atoms with Gasteiger partial charge in [0, 0.05) is 13.7 Å². The third-order valence-corrected chi connectivity index (χ3v) is 1.65. The van der Waals surface area contributed by atoms with Crippen LogP contribution in [0.1, 0.15) is 6.42 Å². The molecular weight excluding hydrogens is 121 g/mol. The Labute approximate surface area is 54.4 Å². The van der Waals surface area contributed by atoms with Gasteiger partial charge in [-0.3, -0.25) is 0 Å². The average molecular weight is 133 g/mol. The second-order valence-electron chi connectivity index (χ2n) is 2.28. The number of hydrogen-bond donors (Lipinski definition) is 1. The molecule has 0 saturated carbocycles. The van der Waals surface area contributed by atoms with E-state index in [0.717, 1.165) is 13.0 Å². The number of piperidine rings is 1. The highest BCUT2D eigenvalue weighted by Gasteiger charge is 2.23. The Morgan fingerprint density at radius 2 is 2.44 bits per heavy atom. The van der Waals surface area contributed by atoms with E-state index in [2.05, 4.69) is 5.32 Å². The molecular formula is C6H12FNO. The van der Waals surface area contributed by atoms with Crippen molar-refractivity contribution in [2.45, 2.75) is 18.7 Å². The summed E-state index contributed by atoms with van der Waals surface area (Å²) in [6.07, 6.45) is -0.201. The summed E-state index contributed by atoms with van der Waals surface area (Å²) in [6, 6.07) is 0. The fourth-order valence-electron chi connectivity index (χ4n) is 1.06. The largest absolute Gasteiger partial charge is 0.378 e. The summed E-state index contributed by atoms with van der Waals surface area (Å²) in [5, 5.41) is 2.94. The minimum atomic E-state index is -0.816. The van der Waals surface area contributed by atoms with Crippen LogP contribution in [-0.2, 0) is 4.74 Å². The van der Waals surface area contributed by atoms with Crippen LogP contribution in [0, 0.1) is 0 Å². The predicted molar refractivity (Wildman–Crippen MR) is 33.2 cm³/mol. The SMILES string of the molecule is CO[C@@H]1CCNC[C@@H]1F. The fourth-order valence-corrected chi connectivity index (χ4v) is 1.06. The summed E-state index contributed by atoms with van der Waals surface area (Å²) in [6.45, 7) is 1.32. The topological polar surface area (TPSA) is 21.3 Å². The van der Waals surface area contributed by atoms with Gasteiger partial charge in [-0.05, 0) is 13.0 Å². The maximum absolute atomic E-state index is 12.7. The molecule has 1 rings (SSSR count). The van der Waals surface area contributed by atoms with Crippen LogP contribution in [0.25, 0.3) is 0 Å². The van der Waals surface area contributed by atoms with Gasteiger partial charge in [0.25, 0.3) is 0 Å². The van der Waals surface area contributed by atoms with E-state index in [1.54, 1.807) is 7.11 Å². The molecule has 2 nitrogen and oxygen atoms in total. The van der Waals surface area contributed by atoms with Gasteiger partial charge in [0.05, 0.1) is 6.10 Å². The van der Waals surface area contributed by atoms with Gasteiger partial charge in [-0.2, -0.15) is 0 Å². The van der Waals surface area contributed by atoms with Gasteiger partial charge in [-0.25, -0.2) is 4.39 Å². The molecule has 0 aliphatic carbocycles. The summed E-state index contributed by atoms with van der Waals surface area (Å²) < 4.78 is 17.5. The Morgan fingerprint density at radius 1 is 1.67 bits per heavy atom. The molecule has 1 aliphatic heterocycles. The first kappa shape index (κ1) is 6.96. The zero-order valence-electron chi connectivity index (χ0n) is 5.56. The third kappa shape index (κ3) is 1.63. The molecule has 9 heavy (non-hydrogen) atoms. The second kappa shape index (κ2) is 3.13. The Hall–Kier alpha value is -0.150. The number of methoxy groups -OCH3 is 1. The van der Waals surface area contributed by atoms with Crippen LogP contribution >= 0.6 is 0 Å². The molecule has 0 radical (unpaired) electrons. The van der Waals surface area contributed by atoms with E-state index in [0.29, 0.717) is 6.54 Å². The van der Waals surface area contributed by atoms with Gasteiger partial charge in [0.2, 0.25) is 0 Å². The number of halogens is 1. The first-order chi connectivity index (χ1) is 4.34. The Balaban J connectivity index is 2.30. The van der Waals surface area contributed by atoms with Crippen molar-refractivity contribution in [1.29, 1.82) is 0 Å². The summed E-state index contributed by atoms with van der Waals surface area (Å²) in [5.74, 6) is 0. The molecule has 54 valence electrons. The van der Waals surface area contributed by atoms with Crippen molar-refractivity contribution in [3.63, 3.8) is 0 Å². The van der Waals surface area contributed by atoms with E-state index < -0.39 is 6.17 Å². The lowest BCUT2D eigenvalue weighted by Crippen LogP contribution is -2.42. The Bertz CT molecular complexity index is 89.1. The maximum Gasteiger partial charge on any atom is 0.139 e. The Kier molecular flexibility index (Phi) is 2.42. The van der Waals surface area contributed by atoms with Crippen molar-refractivity contribution in [3.05, 3.63) is 0 Å². The first-order valence-corrected chi connectivity index (χ1v) is 3.22. The third-order valence-electron chi connectivity index (χ3n) is 1.65. The molecule has 0 aromatic heterocycles. The number of ether oxygens (including phenoxy) is 1. The molecule has 1 aliphatic rings. The molecule has 1 heterocycles. The van der Waals surface area contributed by atoms with Gasteiger partial charge in [0.1, 0.15) is 6.17 Å². The molecule has 0 bridgehead atoms. The molecule has 0 spiro atoms. The monoisotopic (exact) mass is 133 g/mol. The van der Waals surface area contributed by atoms with Crippen molar-refractivity contribution in [2.75, 3.05) is 20.2 Å². The lowest BCUT2D eigenvalue weighted by Gasteiger charge is -2.24. The highest BCUT2D eigenvalue weighted by molar-refractivity contribution is 4.77. The number of hydrogen-bond acceptors (Lipinski definition) is 2. The van der Waals surface area contributed by atoms with E-state index in [4.69, 9.17) is 4.74 Å². The van der Waals surface area contributed by atoms with Gasteiger partial charge in [-0.1, -0.05) is 0 Å². The molecule has 1 saturated heterocycles. The van der Waals surface area contributed by atoms with Crippen LogP contribution in [0.5, 0.6) is 0 Å². The summed E-state index contributed by atoms with van der Waals surface area (Å²) in [4.78, 5) is 0. The van der Waals surface area contributed by atoms with Crippen molar-refractivity contribution in [3.8, 4) is 0 Å². The highest BCUT2D eigenvalue weighted by Crippen LogP contribution is 2.09. The van der Waals surface area contributed by atoms with Gasteiger partial charge < -0.3 is 10.1 Å². The van der Waals surface area contributed by atoms with E-state index in [1.165, 1.54) is 0 Å². The number of alkyl halides is 1. The molecule has 2 atom stereocenters. The molecule has 0 amide bonds. The fraction of sp³-hybridized carbons (Fsp3) is 1.00. The minimum absolute atomic E-state index is 0.175.